The van der Waals surface area contributed by atoms with Crippen LogP contribution in [0.1, 0.15) is 18.4 Å². The maximum atomic E-state index is 12.2. The molecule has 1 unspecified atom stereocenters. The molecule has 0 radical (unpaired) electrons. The van der Waals surface area contributed by atoms with Crippen LogP contribution in [-0.4, -0.2) is 44.8 Å². The smallest absolute Gasteiger partial charge is 0.214 e. The third kappa shape index (κ3) is 4.30. The summed E-state index contributed by atoms with van der Waals surface area (Å²) in [5.41, 5.74) is 1.05. The van der Waals surface area contributed by atoms with Gasteiger partial charge in [-0.1, -0.05) is 30.3 Å². The standard InChI is InChI=1S/C14H21NO3S/c1-15(12-14-8-5-10-18-14)19(16,17)11-9-13-6-3-2-4-7-13/h2-4,6-7,14H,5,8-12H2,1H3. The average Bonchev–Trinajstić information content (AvgIpc) is 2.90. The Morgan fingerprint density at radius 3 is 2.68 bits per heavy atom. The first-order valence-electron chi connectivity index (χ1n) is 6.67. The summed E-state index contributed by atoms with van der Waals surface area (Å²) in [7, 11) is -1.55. The first-order valence-corrected chi connectivity index (χ1v) is 8.28. The number of sulfonamides is 1. The highest BCUT2D eigenvalue weighted by atomic mass is 32.2. The van der Waals surface area contributed by atoms with E-state index in [-0.39, 0.29) is 11.9 Å². The summed E-state index contributed by atoms with van der Waals surface area (Å²) in [5.74, 6) is 0.153. The molecule has 1 aliphatic heterocycles. The quantitative estimate of drug-likeness (QED) is 0.798. The van der Waals surface area contributed by atoms with Crippen LogP contribution in [0.25, 0.3) is 0 Å². The number of benzene rings is 1. The number of hydrogen-bond donors (Lipinski definition) is 0. The number of ether oxygens (including phenoxy) is 1. The van der Waals surface area contributed by atoms with E-state index in [1.54, 1.807) is 7.05 Å². The third-order valence-electron chi connectivity index (χ3n) is 3.45. The molecular weight excluding hydrogens is 262 g/mol. The minimum absolute atomic E-state index is 0.0662. The van der Waals surface area contributed by atoms with Crippen molar-refractivity contribution in [3.63, 3.8) is 0 Å². The van der Waals surface area contributed by atoms with Crippen LogP contribution in [-0.2, 0) is 21.2 Å². The molecule has 0 aliphatic carbocycles. The zero-order valence-electron chi connectivity index (χ0n) is 11.3. The number of rotatable bonds is 6. The summed E-state index contributed by atoms with van der Waals surface area (Å²) in [6.45, 7) is 1.22. The van der Waals surface area contributed by atoms with Gasteiger partial charge in [0, 0.05) is 20.2 Å². The molecule has 1 aliphatic rings. The number of likely N-dealkylation sites (N-methyl/N-ethyl adjacent to an activating group) is 1. The van der Waals surface area contributed by atoms with Gasteiger partial charge in [-0.15, -0.1) is 0 Å². The van der Waals surface area contributed by atoms with Gasteiger partial charge in [0.05, 0.1) is 11.9 Å². The van der Waals surface area contributed by atoms with Gasteiger partial charge in [-0.05, 0) is 24.8 Å². The molecule has 0 aromatic heterocycles. The van der Waals surface area contributed by atoms with Gasteiger partial charge in [-0.2, -0.15) is 0 Å². The molecule has 1 aromatic carbocycles. The fourth-order valence-electron chi connectivity index (χ4n) is 2.24. The summed E-state index contributed by atoms with van der Waals surface area (Å²) < 4.78 is 31.2. The van der Waals surface area contributed by atoms with E-state index < -0.39 is 10.0 Å². The van der Waals surface area contributed by atoms with Crippen LogP contribution in [0.15, 0.2) is 30.3 Å². The topological polar surface area (TPSA) is 46.6 Å². The molecule has 1 aromatic rings. The van der Waals surface area contributed by atoms with Crippen LogP contribution in [0.3, 0.4) is 0 Å². The second-order valence-electron chi connectivity index (χ2n) is 4.97. The maximum absolute atomic E-state index is 12.2. The van der Waals surface area contributed by atoms with Crippen molar-refractivity contribution in [1.82, 2.24) is 4.31 Å². The van der Waals surface area contributed by atoms with Crippen LogP contribution in [0, 0.1) is 0 Å². The molecule has 1 heterocycles. The molecule has 106 valence electrons. The van der Waals surface area contributed by atoms with Crippen molar-refractivity contribution in [1.29, 1.82) is 0 Å². The van der Waals surface area contributed by atoms with Gasteiger partial charge in [-0.25, -0.2) is 12.7 Å². The molecule has 2 rings (SSSR count). The Morgan fingerprint density at radius 2 is 2.05 bits per heavy atom. The van der Waals surface area contributed by atoms with Crippen LogP contribution >= 0.6 is 0 Å². The van der Waals surface area contributed by atoms with Crippen molar-refractivity contribution in [3.05, 3.63) is 35.9 Å². The van der Waals surface area contributed by atoms with Crippen LogP contribution in [0.2, 0.25) is 0 Å². The number of aryl methyl sites for hydroxylation is 1. The summed E-state index contributed by atoms with van der Waals surface area (Å²) >= 11 is 0. The fourth-order valence-corrected chi connectivity index (χ4v) is 3.43. The SMILES string of the molecule is CN(CC1CCCO1)S(=O)(=O)CCc1ccccc1. The van der Waals surface area contributed by atoms with Crippen molar-refractivity contribution in [2.45, 2.75) is 25.4 Å². The molecular formula is C14H21NO3S. The molecule has 1 saturated heterocycles. The molecule has 19 heavy (non-hydrogen) atoms. The zero-order chi connectivity index (χ0) is 13.7. The second kappa shape index (κ2) is 6.50. The second-order valence-corrected chi connectivity index (χ2v) is 7.16. The van der Waals surface area contributed by atoms with Crippen molar-refractivity contribution >= 4 is 10.0 Å². The Kier molecular flexibility index (Phi) is 4.96. The van der Waals surface area contributed by atoms with Crippen molar-refractivity contribution < 1.29 is 13.2 Å². The third-order valence-corrected chi connectivity index (χ3v) is 5.27. The minimum atomic E-state index is -3.19. The van der Waals surface area contributed by atoms with Gasteiger partial charge >= 0.3 is 0 Å². The molecule has 0 amide bonds. The summed E-state index contributed by atoms with van der Waals surface area (Å²) in [6.07, 6.45) is 2.61. The van der Waals surface area contributed by atoms with Gasteiger partial charge in [0.25, 0.3) is 0 Å². The average molecular weight is 283 g/mol. The Labute approximate surface area is 115 Å². The van der Waals surface area contributed by atoms with Crippen molar-refractivity contribution in [2.24, 2.45) is 0 Å². The predicted octanol–water partition coefficient (Wildman–Crippen LogP) is 1.67. The van der Waals surface area contributed by atoms with Gasteiger partial charge in [0.15, 0.2) is 0 Å². The number of hydrogen-bond acceptors (Lipinski definition) is 3. The lowest BCUT2D eigenvalue weighted by Crippen LogP contribution is -2.36. The highest BCUT2D eigenvalue weighted by Gasteiger charge is 2.24. The van der Waals surface area contributed by atoms with Crippen molar-refractivity contribution in [2.75, 3.05) is 26.0 Å². The highest BCUT2D eigenvalue weighted by Crippen LogP contribution is 2.14. The summed E-state index contributed by atoms with van der Waals surface area (Å²) in [4.78, 5) is 0. The number of nitrogens with zero attached hydrogens (tertiary/aromatic N) is 1. The summed E-state index contributed by atoms with van der Waals surface area (Å²) in [6, 6.07) is 9.70. The lowest BCUT2D eigenvalue weighted by molar-refractivity contribution is 0.0979. The normalized spacial score (nSPS) is 20.0. The Morgan fingerprint density at radius 1 is 1.32 bits per heavy atom. The van der Waals surface area contributed by atoms with E-state index in [0.29, 0.717) is 13.0 Å². The van der Waals surface area contributed by atoms with Crippen LogP contribution in [0.5, 0.6) is 0 Å². The first kappa shape index (κ1) is 14.5. The maximum Gasteiger partial charge on any atom is 0.214 e. The van der Waals surface area contributed by atoms with Crippen LogP contribution < -0.4 is 0 Å². The lowest BCUT2D eigenvalue weighted by Gasteiger charge is -2.20. The monoisotopic (exact) mass is 283 g/mol. The largest absolute Gasteiger partial charge is 0.377 e. The lowest BCUT2D eigenvalue weighted by atomic mass is 10.2. The van der Waals surface area contributed by atoms with Gasteiger partial charge in [0.2, 0.25) is 10.0 Å². The fraction of sp³-hybridized carbons (Fsp3) is 0.571. The minimum Gasteiger partial charge on any atom is -0.377 e. The molecule has 0 spiro atoms. The van der Waals surface area contributed by atoms with Crippen molar-refractivity contribution in [3.8, 4) is 0 Å². The molecule has 0 saturated carbocycles. The molecule has 0 N–H and O–H groups in total. The predicted molar refractivity (Wildman–Crippen MR) is 75.5 cm³/mol. The van der Waals surface area contributed by atoms with E-state index in [1.165, 1.54) is 4.31 Å². The van der Waals surface area contributed by atoms with E-state index >= 15 is 0 Å². The van der Waals surface area contributed by atoms with E-state index in [9.17, 15) is 8.42 Å². The molecule has 4 nitrogen and oxygen atoms in total. The van der Waals surface area contributed by atoms with E-state index in [0.717, 1.165) is 25.0 Å². The molecule has 5 heteroatoms. The Balaban J connectivity index is 1.86. The Bertz CT molecular complexity index is 481. The van der Waals surface area contributed by atoms with Gasteiger partial charge in [-0.3, -0.25) is 0 Å². The molecule has 0 bridgehead atoms. The Hall–Kier alpha value is -0.910. The molecule has 1 atom stereocenters. The first-order chi connectivity index (χ1) is 9.08. The van der Waals surface area contributed by atoms with Gasteiger partial charge in [0.1, 0.15) is 0 Å². The van der Waals surface area contributed by atoms with Crippen LogP contribution in [0.4, 0.5) is 0 Å². The highest BCUT2D eigenvalue weighted by molar-refractivity contribution is 7.89. The molecule has 1 fully saturated rings. The van der Waals surface area contributed by atoms with E-state index in [2.05, 4.69) is 0 Å². The van der Waals surface area contributed by atoms with E-state index in [4.69, 9.17) is 4.74 Å². The van der Waals surface area contributed by atoms with E-state index in [1.807, 2.05) is 30.3 Å². The van der Waals surface area contributed by atoms with Gasteiger partial charge < -0.3 is 4.74 Å². The zero-order valence-corrected chi connectivity index (χ0v) is 12.1. The summed E-state index contributed by atoms with van der Waals surface area (Å²) in [5, 5.41) is 0.